The Kier molecular flexibility index (Phi) is 3.75. The largest absolute Gasteiger partial charge is 0.465 e. The second kappa shape index (κ2) is 5.16. The lowest BCUT2D eigenvalue weighted by Crippen LogP contribution is -2.56. The molecule has 0 saturated heterocycles. The molecule has 0 bridgehead atoms. The standard InChI is InChI=1S/C12H18N2O5/c1-3-17-10(15)8-7-5-6-12(13,9(7)19-14-8)11(16)18-4-2/h7,9H,3-6,13H2,1-2H3/t7-,9+,12-/m0/s1. The summed E-state index contributed by atoms with van der Waals surface area (Å²) in [5.41, 5.74) is 5.06. The van der Waals surface area contributed by atoms with Crippen LogP contribution in [0.5, 0.6) is 0 Å². The number of hydrogen-bond donors (Lipinski definition) is 1. The third kappa shape index (κ3) is 2.18. The highest BCUT2D eigenvalue weighted by Crippen LogP contribution is 2.41. The number of rotatable bonds is 4. The lowest BCUT2D eigenvalue weighted by Gasteiger charge is -2.26. The van der Waals surface area contributed by atoms with Crippen LogP contribution in [0.4, 0.5) is 0 Å². The van der Waals surface area contributed by atoms with Gasteiger partial charge in [0, 0.05) is 0 Å². The highest BCUT2D eigenvalue weighted by atomic mass is 16.7. The van der Waals surface area contributed by atoms with Crippen molar-refractivity contribution < 1.29 is 23.9 Å². The zero-order valence-electron chi connectivity index (χ0n) is 11.0. The maximum atomic E-state index is 11.9. The molecule has 19 heavy (non-hydrogen) atoms. The fraction of sp³-hybridized carbons (Fsp3) is 0.750. The molecule has 7 heteroatoms. The third-order valence-electron chi connectivity index (χ3n) is 3.50. The number of ether oxygens (including phenoxy) is 2. The van der Waals surface area contributed by atoms with Gasteiger partial charge >= 0.3 is 11.9 Å². The van der Waals surface area contributed by atoms with Crippen molar-refractivity contribution in [3.63, 3.8) is 0 Å². The van der Waals surface area contributed by atoms with Gasteiger partial charge in [-0.2, -0.15) is 0 Å². The van der Waals surface area contributed by atoms with Gasteiger partial charge in [-0.05, 0) is 26.7 Å². The maximum absolute atomic E-state index is 11.9. The average molecular weight is 270 g/mol. The van der Waals surface area contributed by atoms with Crippen LogP contribution in [-0.4, -0.2) is 42.5 Å². The first-order valence-electron chi connectivity index (χ1n) is 6.41. The SMILES string of the molecule is CCOC(=O)C1=NO[C@@H]2[C@H]1CC[C@@]2(N)C(=O)OCC. The summed E-state index contributed by atoms with van der Waals surface area (Å²) >= 11 is 0. The van der Waals surface area contributed by atoms with Crippen LogP contribution in [0.3, 0.4) is 0 Å². The van der Waals surface area contributed by atoms with Crippen LogP contribution >= 0.6 is 0 Å². The van der Waals surface area contributed by atoms with Crippen molar-refractivity contribution in [3.8, 4) is 0 Å². The summed E-state index contributed by atoms with van der Waals surface area (Å²) in [5, 5.41) is 3.73. The molecule has 3 atom stereocenters. The topological polar surface area (TPSA) is 100 Å². The van der Waals surface area contributed by atoms with Gasteiger partial charge in [0.05, 0.1) is 19.1 Å². The van der Waals surface area contributed by atoms with Crippen molar-refractivity contribution in [1.29, 1.82) is 0 Å². The Hall–Kier alpha value is -1.63. The minimum absolute atomic E-state index is 0.212. The summed E-state index contributed by atoms with van der Waals surface area (Å²) in [6, 6.07) is 0. The van der Waals surface area contributed by atoms with Crippen LogP contribution in [0.1, 0.15) is 26.7 Å². The van der Waals surface area contributed by atoms with E-state index in [1.54, 1.807) is 13.8 Å². The zero-order valence-corrected chi connectivity index (χ0v) is 11.0. The predicted molar refractivity (Wildman–Crippen MR) is 65.2 cm³/mol. The fourth-order valence-corrected chi connectivity index (χ4v) is 2.55. The lowest BCUT2D eigenvalue weighted by molar-refractivity contribution is -0.154. The highest BCUT2D eigenvalue weighted by molar-refractivity contribution is 6.37. The summed E-state index contributed by atoms with van der Waals surface area (Å²) in [6.45, 7) is 3.94. The molecule has 7 nitrogen and oxygen atoms in total. The summed E-state index contributed by atoms with van der Waals surface area (Å²) in [7, 11) is 0. The average Bonchev–Trinajstić information content (AvgIpc) is 2.92. The molecule has 2 aliphatic rings. The predicted octanol–water partition coefficient (Wildman–Crippen LogP) is -0.0251. The molecule has 1 heterocycles. The van der Waals surface area contributed by atoms with E-state index in [0.717, 1.165) is 0 Å². The van der Waals surface area contributed by atoms with Crippen LogP contribution < -0.4 is 5.73 Å². The van der Waals surface area contributed by atoms with Crippen molar-refractivity contribution in [1.82, 2.24) is 0 Å². The molecule has 0 unspecified atom stereocenters. The molecule has 2 N–H and O–H groups in total. The molecule has 1 aliphatic carbocycles. The molecule has 0 radical (unpaired) electrons. The van der Waals surface area contributed by atoms with Crippen LogP contribution in [0.15, 0.2) is 5.16 Å². The Morgan fingerprint density at radius 2 is 2.11 bits per heavy atom. The summed E-state index contributed by atoms with van der Waals surface area (Å²) < 4.78 is 9.87. The quantitative estimate of drug-likeness (QED) is 0.720. The van der Waals surface area contributed by atoms with Crippen LogP contribution in [0.25, 0.3) is 0 Å². The summed E-state index contributed by atoms with van der Waals surface area (Å²) in [5.74, 6) is -1.32. The number of esters is 2. The van der Waals surface area contributed by atoms with E-state index >= 15 is 0 Å². The molecule has 1 aliphatic heterocycles. The van der Waals surface area contributed by atoms with Crippen LogP contribution in [0, 0.1) is 5.92 Å². The zero-order chi connectivity index (χ0) is 14.0. The van der Waals surface area contributed by atoms with E-state index in [-0.39, 0.29) is 24.8 Å². The van der Waals surface area contributed by atoms with E-state index in [2.05, 4.69) is 5.16 Å². The van der Waals surface area contributed by atoms with Gasteiger partial charge in [0.15, 0.2) is 17.4 Å². The second-order valence-electron chi connectivity index (χ2n) is 4.63. The first-order chi connectivity index (χ1) is 9.04. The van der Waals surface area contributed by atoms with Crippen molar-refractivity contribution in [2.75, 3.05) is 13.2 Å². The van der Waals surface area contributed by atoms with Gasteiger partial charge in [0.1, 0.15) is 0 Å². The molecule has 0 spiro atoms. The molecule has 2 rings (SSSR count). The van der Waals surface area contributed by atoms with E-state index < -0.39 is 23.6 Å². The molecule has 106 valence electrons. The van der Waals surface area contributed by atoms with E-state index in [4.69, 9.17) is 20.0 Å². The number of oxime groups is 1. The molecular weight excluding hydrogens is 252 g/mol. The number of hydrogen-bond acceptors (Lipinski definition) is 7. The molecular formula is C12H18N2O5. The number of nitrogens with zero attached hydrogens (tertiary/aromatic N) is 1. The Morgan fingerprint density at radius 3 is 2.74 bits per heavy atom. The Balaban J connectivity index is 2.11. The molecule has 0 aromatic heterocycles. The van der Waals surface area contributed by atoms with Gasteiger partial charge in [-0.1, -0.05) is 5.16 Å². The van der Waals surface area contributed by atoms with Gasteiger partial charge in [0.25, 0.3) is 0 Å². The Bertz CT molecular complexity index is 422. The smallest absolute Gasteiger partial charge is 0.356 e. The van der Waals surface area contributed by atoms with Crippen molar-refractivity contribution in [2.45, 2.75) is 38.3 Å². The Labute approximate surface area is 111 Å². The van der Waals surface area contributed by atoms with E-state index in [0.29, 0.717) is 12.8 Å². The molecule has 0 amide bonds. The molecule has 1 saturated carbocycles. The lowest BCUT2D eigenvalue weighted by atomic mass is 9.92. The van der Waals surface area contributed by atoms with Crippen molar-refractivity contribution in [3.05, 3.63) is 0 Å². The number of fused-ring (bicyclic) bond motifs is 1. The van der Waals surface area contributed by atoms with Crippen molar-refractivity contribution >= 4 is 17.7 Å². The van der Waals surface area contributed by atoms with E-state index in [1.807, 2.05) is 0 Å². The van der Waals surface area contributed by atoms with Crippen LogP contribution in [0.2, 0.25) is 0 Å². The minimum Gasteiger partial charge on any atom is -0.465 e. The first-order valence-corrected chi connectivity index (χ1v) is 6.41. The molecule has 1 fully saturated rings. The molecule has 0 aromatic carbocycles. The number of nitrogens with two attached hydrogens (primary N) is 1. The number of carbonyl (C=O) groups is 2. The van der Waals surface area contributed by atoms with Gasteiger partial charge in [-0.3, -0.25) is 0 Å². The van der Waals surface area contributed by atoms with E-state index in [1.165, 1.54) is 0 Å². The first kappa shape index (κ1) is 13.8. The highest BCUT2D eigenvalue weighted by Gasteiger charge is 2.59. The summed E-state index contributed by atoms with van der Waals surface area (Å²) in [4.78, 5) is 28.8. The van der Waals surface area contributed by atoms with Crippen molar-refractivity contribution in [2.24, 2.45) is 16.8 Å². The minimum atomic E-state index is -1.24. The van der Waals surface area contributed by atoms with E-state index in [9.17, 15) is 9.59 Å². The maximum Gasteiger partial charge on any atom is 0.356 e. The van der Waals surface area contributed by atoms with Gasteiger partial charge < -0.3 is 20.0 Å². The molecule has 0 aromatic rings. The fourth-order valence-electron chi connectivity index (χ4n) is 2.55. The Morgan fingerprint density at radius 1 is 1.42 bits per heavy atom. The summed E-state index contributed by atoms with van der Waals surface area (Å²) in [6.07, 6.45) is 0.308. The number of carbonyl (C=O) groups excluding carboxylic acids is 2. The third-order valence-corrected chi connectivity index (χ3v) is 3.50. The van der Waals surface area contributed by atoms with Gasteiger partial charge in [0.2, 0.25) is 0 Å². The second-order valence-corrected chi connectivity index (χ2v) is 4.63. The van der Waals surface area contributed by atoms with Gasteiger partial charge in [-0.15, -0.1) is 0 Å². The normalized spacial score (nSPS) is 32.3. The van der Waals surface area contributed by atoms with Crippen LogP contribution in [-0.2, 0) is 23.9 Å². The van der Waals surface area contributed by atoms with Gasteiger partial charge in [-0.25, -0.2) is 9.59 Å². The monoisotopic (exact) mass is 270 g/mol.